The first-order chi connectivity index (χ1) is 7.59. The Morgan fingerprint density at radius 3 is 2.56 bits per heavy atom. The van der Waals surface area contributed by atoms with Crippen LogP contribution >= 0.6 is 0 Å². The summed E-state index contributed by atoms with van der Waals surface area (Å²) in [6.45, 7) is 3.30. The molecule has 1 aliphatic carbocycles. The molecule has 16 heavy (non-hydrogen) atoms. The van der Waals surface area contributed by atoms with Crippen LogP contribution in [0.2, 0.25) is 0 Å². The van der Waals surface area contributed by atoms with Crippen molar-refractivity contribution in [1.29, 1.82) is 0 Å². The first-order valence-corrected chi connectivity index (χ1v) is 7.93. The molecule has 1 N–H and O–H groups in total. The van der Waals surface area contributed by atoms with Crippen LogP contribution in [0, 0.1) is 0 Å². The monoisotopic (exact) mass is 246 g/mol. The SMILES string of the molecule is CC1CN(C2CCCCC2)S(=O)(=O)CCN1. The van der Waals surface area contributed by atoms with Crippen LogP contribution in [0.5, 0.6) is 0 Å². The third-order valence-corrected chi connectivity index (χ3v) is 5.53. The minimum absolute atomic E-state index is 0.258. The van der Waals surface area contributed by atoms with E-state index in [0.29, 0.717) is 13.1 Å². The zero-order valence-electron chi connectivity index (χ0n) is 9.98. The minimum Gasteiger partial charge on any atom is -0.312 e. The molecule has 1 aliphatic heterocycles. The summed E-state index contributed by atoms with van der Waals surface area (Å²) in [5.41, 5.74) is 0. The predicted octanol–water partition coefficient (Wildman–Crippen LogP) is 0.943. The molecule has 4 nitrogen and oxygen atoms in total. The molecule has 1 heterocycles. The maximum Gasteiger partial charge on any atom is 0.215 e. The van der Waals surface area contributed by atoms with Crippen LogP contribution in [0.4, 0.5) is 0 Å². The van der Waals surface area contributed by atoms with Gasteiger partial charge in [-0.15, -0.1) is 0 Å². The highest BCUT2D eigenvalue weighted by molar-refractivity contribution is 7.89. The molecule has 0 amide bonds. The van der Waals surface area contributed by atoms with Crippen molar-refractivity contribution in [3.05, 3.63) is 0 Å². The Kier molecular flexibility index (Phi) is 3.87. The van der Waals surface area contributed by atoms with Crippen LogP contribution in [0.15, 0.2) is 0 Å². The maximum atomic E-state index is 12.1. The van der Waals surface area contributed by atoms with E-state index < -0.39 is 10.0 Å². The van der Waals surface area contributed by atoms with E-state index in [9.17, 15) is 8.42 Å². The van der Waals surface area contributed by atoms with Crippen molar-refractivity contribution in [2.45, 2.75) is 51.1 Å². The molecule has 0 spiro atoms. The van der Waals surface area contributed by atoms with Crippen LogP contribution < -0.4 is 5.32 Å². The lowest BCUT2D eigenvalue weighted by Crippen LogP contribution is -2.45. The fourth-order valence-corrected chi connectivity index (χ4v) is 4.47. The normalized spacial score (nSPS) is 33.4. The van der Waals surface area contributed by atoms with Crippen LogP contribution in [0.25, 0.3) is 0 Å². The van der Waals surface area contributed by atoms with Crippen molar-refractivity contribution >= 4 is 10.0 Å². The van der Waals surface area contributed by atoms with Crippen molar-refractivity contribution in [2.75, 3.05) is 18.8 Å². The second kappa shape index (κ2) is 5.02. The third-order valence-electron chi connectivity index (χ3n) is 3.65. The van der Waals surface area contributed by atoms with Gasteiger partial charge in [0.15, 0.2) is 0 Å². The quantitative estimate of drug-likeness (QED) is 0.749. The summed E-state index contributed by atoms with van der Waals surface area (Å²) in [5.74, 6) is 0.258. The van der Waals surface area contributed by atoms with E-state index in [2.05, 4.69) is 12.2 Å². The molecule has 1 atom stereocenters. The molecule has 0 bridgehead atoms. The summed E-state index contributed by atoms with van der Waals surface area (Å²) in [4.78, 5) is 0. The van der Waals surface area contributed by atoms with Gasteiger partial charge in [0.25, 0.3) is 0 Å². The summed E-state index contributed by atoms with van der Waals surface area (Å²) in [7, 11) is -3.02. The van der Waals surface area contributed by atoms with Crippen LogP contribution in [-0.2, 0) is 10.0 Å². The second-order valence-corrected chi connectivity index (χ2v) is 7.07. The Hall–Kier alpha value is -0.130. The van der Waals surface area contributed by atoms with Gasteiger partial charge in [-0.25, -0.2) is 8.42 Å². The van der Waals surface area contributed by atoms with Gasteiger partial charge in [0.05, 0.1) is 5.75 Å². The van der Waals surface area contributed by atoms with Crippen molar-refractivity contribution in [3.8, 4) is 0 Å². The first kappa shape index (κ1) is 12.3. The van der Waals surface area contributed by atoms with Gasteiger partial charge in [-0.1, -0.05) is 19.3 Å². The van der Waals surface area contributed by atoms with Gasteiger partial charge in [-0.2, -0.15) is 4.31 Å². The van der Waals surface area contributed by atoms with Gasteiger partial charge in [0.2, 0.25) is 10.0 Å². The summed E-state index contributed by atoms with van der Waals surface area (Å²) < 4.78 is 26.0. The number of hydrogen-bond donors (Lipinski definition) is 1. The average molecular weight is 246 g/mol. The number of hydrogen-bond acceptors (Lipinski definition) is 3. The van der Waals surface area contributed by atoms with E-state index >= 15 is 0 Å². The fourth-order valence-electron chi connectivity index (χ4n) is 2.74. The van der Waals surface area contributed by atoms with Gasteiger partial charge in [0.1, 0.15) is 0 Å². The predicted molar refractivity (Wildman–Crippen MR) is 64.8 cm³/mol. The van der Waals surface area contributed by atoms with Gasteiger partial charge in [-0.05, 0) is 19.8 Å². The molecular formula is C11H22N2O2S. The van der Waals surface area contributed by atoms with E-state index in [1.54, 1.807) is 4.31 Å². The summed E-state index contributed by atoms with van der Waals surface area (Å²) in [6, 6.07) is 0.542. The topological polar surface area (TPSA) is 49.4 Å². The number of rotatable bonds is 1. The Morgan fingerprint density at radius 2 is 1.88 bits per heavy atom. The Labute approximate surface area is 98.4 Å². The second-order valence-electron chi connectivity index (χ2n) is 5.03. The van der Waals surface area contributed by atoms with E-state index in [0.717, 1.165) is 12.8 Å². The van der Waals surface area contributed by atoms with Gasteiger partial charge in [-0.3, -0.25) is 0 Å². The standard InChI is InChI=1S/C11H22N2O2S/c1-10-9-13(11-5-3-2-4-6-11)16(14,15)8-7-12-10/h10-12H,2-9H2,1H3. The van der Waals surface area contributed by atoms with Gasteiger partial charge < -0.3 is 5.32 Å². The summed E-state index contributed by atoms with van der Waals surface area (Å²) >= 11 is 0. The Morgan fingerprint density at radius 1 is 1.19 bits per heavy atom. The molecule has 0 aromatic rings. The summed E-state index contributed by atoms with van der Waals surface area (Å²) in [5, 5.41) is 3.25. The van der Waals surface area contributed by atoms with Crippen molar-refractivity contribution in [2.24, 2.45) is 0 Å². The molecule has 0 aromatic carbocycles. The van der Waals surface area contributed by atoms with Crippen LogP contribution in [0.1, 0.15) is 39.0 Å². The number of nitrogens with zero attached hydrogens (tertiary/aromatic N) is 1. The van der Waals surface area contributed by atoms with Crippen molar-refractivity contribution < 1.29 is 8.42 Å². The number of nitrogens with one attached hydrogen (secondary N) is 1. The van der Waals surface area contributed by atoms with E-state index in [4.69, 9.17) is 0 Å². The molecule has 1 saturated carbocycles. The average Bonchev–Trinajstić information content (AvgIpc) is 2.39. The lowest BCUT2D eigenvalue weighted by atomic mass is 9.95. The fraction of sp³-hybridized carbons (Fsp3) is 1.00. The zero-order chi connectivity index (χ0) is 11.6. The lowest BCUT2D eigenvalue weighted by molar-refractivity contribution is 0.244. The Balaban J connectivity index is 2.13. The molecule has 1 unspecified atom stereocenters. The molecule has 0 radical (unpaired) electrons. The minimum atomic E-state index is -3.02. The highest BCUT2D eigenvalue weighted by Crippen LogP contribution is 2.25. The molecule has 2 rings (SSSR count). The Bertz CT molecular complexity index is 323. The van der Waals surface area contributed by atoms with Gasteiger partial charge >= 0.3 is 0 Å². The first-order valence-electron chi connectivity index (χ1n) is 6.32. The molecule has 1 saturated heterocycles. The third kappa shape index (κ3) is 2.76. The number of sulfonamides is 1. The molecule has 2 fully saturated rings. The molecule has 94 valence electrons. The van der Waals surface area contributed by atoms with Crippen LogP contribution in [0.3, 0.4) is 0 Å². The smallest absolute Gasteiger partial charge is 0.215 e. The molecule has 5 heteroatoms. The largest absolute Gasteiger partial charge is 0.312 e. The zero-order valence-corrected chi connectivity index (χ0v) is 10.8. The van der Waals surface area contributed by atoms with E-state index in [1.165, 1.54) is 19.3 Å². The maximum absolute atomic E-state index is 12.1. The highest BCUT2D eigenvalue weighted by atomic mass is 32.2. The van der Waals surface area contributed by atoms with Crippen molar-refractivity contribution in [3.63, 3.8) is 0 Å². The molecular weight excluding hydrogens is 224 g/mol. The van der Waals surface area contributed by atoms with Crippen molar-refractivity contribution in [1.82, 2.24) is 9.62 Å². The van der Waals surface area contributed by atoms with E-state index in [-0.39, 0.29) is 17.8 Å². The van der Waals surface area contributed by atoms with E-state index in [1.807, 2.05) is 0 Å². The lowest BCUT2D eigenvalue weighted by Gasteiger charge is -2.33. The summed E-state index contributed by atoms with van der Waals surface area (Å²) in [6.07, 6.45) is 5.72. The van der Waals surface area contributed by atoms with Crippen LogP contribution in [-0.4, -0.2) is 43.6 Å². The molecule has 0 aromatic heterocycles. The molecule has 2 aliphatic rings. The van der Waals surface area contributed by atoms with Gasteiger partial charge in [0, 0.05) is 25.2 Å². The highest BCUT2D eigenvalue weighted by Gasteiger charge is 2.33.